The Morgan fingerprint density at radius 1 is 1.12 bits per heavy atom. The highest BCUT2D eigenvalue weighted by molar-refractivity contribution is 7.22. The first-order chi connectivity index (χ1) is 12.3. The van der Waals surface area contributed by atoms with Gasteiger partial charge in [0.05, 0.1) is 0 Å². The molecule has 0 unspecified atom stereocenters. The SMILES string of the molecule is C[C@@H]1[C@H](Nc2ccc(-c3cc4ccccc4s3)cn2)C2CCN1CC2. The fourth-order valence-electron chi connectivity index (χ4n) is 4.47. The Morgan fingerprint density at radius 3 is 2.68 bits per heavy atom. The lowest BCUT2D eigenvalue weighted by Crippen LogP contribution is -2.59. The number of nitrogens with zero attached hydrogens (tertiary/aromatic N) is 2. The fraction of sp³-hybridized carbons (Fsp3) is 0.381. The van der Waals surface area contributed by atoms with Crippen molar-refractivity contribution >= 4 is 27.2 Å². The van der Waals surface area contributed by atoms with Crippen LogP contribution in [0.4, 0.5) is 5.82 Å². The largest absolute Gasteiger partial charge is 0.365 e. The Labute approximate surface area is 152 Å². The van der Waals surface area contributed by atoms with Gasteiger partial charge in [-0.3, -0.25) is 4.90 Å². The zero-order valence-electron chi connectivity index (χ0n) is 14.5. The standard InChI is InChI=1S/C21H23N3S/c1-14-21(15-8-10-24(14)11-9-15)23-20-7-6-17(13-22-20)19-12-16-4-2-3-5-18(16)25-19/h2-7,12-15,21H,8-11H2,1H3,(H,22,23)/t14-,21+/m1/s1. The van der Waals surface area contributed by atoms with E-state index in [0.29, 0.717) is 12.1 Å². The summed E-state index contributed by atoms with van der Waals surface area (Å²) in [6, 6.07) is 16.3. The molecule has 0 saturated carbocycles. The van der Waals surface area contributed by atoms with Crippen LogP contribution in [-0.4, -0.2) is 35.1 Å². The van der Waals surface area contributed by atoms with Crippen LogP contribution in [0.1, 0.15) is 19.8 Å². The first kappa shape index (κ1) is 15.4. The molecule has 5 heterocycles. The smallest absolute Gasteiger partial charge is 0.126 e. The molecular formula is C21H23N3S. The molecule has 0 spiro atoms. The van der Waals surface area contributed by atoms with Crippen LogP contribution < -0.4 is 5.32 Å². The molecule has 6 rings (SSSR count). The highest BCUT2D eigenvalue weighted by Gasteiger charge is 2.39. The van der Waals surface area contributed by atoms with Crippen molar-refractivity contribution in [2.75, 3.05) is 18.4 Å². The van der Waals surface area contributed by atoms with Gasteiger partial charge >= 0.3 is 0 Å². The minimum absolute atomic E-state index is 0.533. The number of rotatable bonds is 3. The second-order valence-corrected chi connectivity index (χ2v) is 8.45. The molecule has 4 heteroatoms. The lowest BCUT2D eigenvalue weighted by Gasteiger charge is -2.50. The van der Waals surface area contributed by atoms with Crippen LogP contribution in [0, 0.1) is 5.92 Å². The molecule has 3 aliphatic heterocycles. The number of fused-ring (bicyclic) bond motifs is 4. The Bertz CT molecular complexity index is 843. The minimum Gasteiger partial charge on any atom is -0.365 e. The van der Waals surface area contributed by atoms with Crippen molar-refractivity contribution in [3.63, 3.8) is 0 Å². The summed E-state index contributed by atoms with van der Waals surface area (Å²) in [6.07, 6.45) is 4.66. The maximum absolute atomic E-state index is 4.71. The average Bonchev–Trinajstić information content (AvgIpc) is 3.10. The lowest BCUT2D eigenvalue weighted by molar-refractivity contribution is 0.0457. The number of piperidine rings is 3. The topological polar surface area (TPSA) is 28.2 Å². The van der Waals surface area contributed by atoms with Crippen LogP contribution in [0.5, 0.6) is 0 Å². The number of hydrogen-bond acceptors (Lipinski definition) is 4. The summed E-state index contributed by atoms with van der Waals surface area (Å²) in [6.45, 7) is 4.89. The second kappa shape index (κ2) is 6.11. The van der Waals surface area contributed by atoms with Crippen molar-refractivity contribution in [2.24, 2.45) is 5.92 Å². The molecular weight excluding hydrogens is 326 g/mol. The second-order valence-electron chi connectivity index (χ2n) is 7.36. The predicted octanol–water partition coefficient (Wildman–Crippen LogP) is 4.86. The van der Waals surface area contributed by atoms with E-state index >= 15 is 0 Å². The maximum Gasteiger partial charge on any atom is 0.126 e. The van der Waals surface area contributed by atoms with Crippen molar-refractivity contribution in [3.8, 4) is 10.4 Å². The molecule has 2 atom stereocenters. The number of thiophene rings is 1. The monoisotopic (exact) mass is 349 g/mol. The molecule has 3 aliphatic rings. The van der Waals surface area contributed by atoms with Gasteiger partial charge < -0.3 is 5.32 Å². The van der Waals surface area contributed by atoms with Gasteiger partial charge in [0, 0.05) is 33.4 Å². The van der Waals surface area contributed by atoms with Crippen molar-refractivity contribution in [2.45, 2.75) is 31.8 Å². The third kappa shape index (κ3) is 2.74. The van der Waals surface area contributed by atoms with Crippen LogP contribution in [0.3, 0.4) is 0 Å². The predicted molar refractivity (Wildman–Crippen MR) is 106 cm³/mol. The van der Waals surface area contributed by atoms with Crippen molar-refractivity contribution in [1.82, 2.24) is 9.88 Å². The number of benzene rings is 1. The van der Waals surface area contributed by atoms with Crippen LogP contribution in [0.25, 0.3) is 20.5 Å². The first-order valence-corrected chi connectivity index (χ1v) is 10.1. The van der Waals surface area contributed by atoms with E-state index in [-0.39, 0.29) is 0 Å². The molecule has 1 N–H and O–H groups in total. The Morgan fingerprint density at radius 2 is 1.96 bits per heavy atom. The normalized spacial score (nSPS) is 28.4. The van der Waals surface area contributed by atoms with Gasteiger partial charge in [0.1, 0.15) is 5.82 Å². The van der Waals surface area contributed by atoms with Crippen LogP contribution >= 0.6 is 11.3 Å². The number of hydrogen-bond donors (Lipinski definition) is 1. The van der Waals surface area contributed by atoms with Crippen molar-refractivity contribution < 1.29 is 0 Å². The van der Waals surface area contributed by atoms with E-state index in [1.54, 1.807) is 0 Å². The van der Waals surface area contributed by atoms with E-state index < -0.39 is 0 Å². The summed E-state index contributed by atoms with van der Waals surface area (Å²) in [5.41, 5.74) is 1.20. The average molecular weight is 350 g/mol. The van der Waals surface area contributed by atoms with Gasteiger partial charge in [0.15, 0.2) is 0 Å². The van der Waals surface area contributed by atoms with Crippen LogP contribution in [-0.2, 0) is 0 Å². The maximum atomic E-state index is 4.71. The molecule has 2 bridgehead atoms. The Kier molecular flexibility index (Phi) is 3.75. The summed E-state index contributed by atoms with van der Waals surface area (Å²) in [5, 5.41) is 5.03. The van der Waals surface area contributed by atoms with Gasteiger partial charge in [-0.25, -0.2) is 4.98 Å². The molecule has 2 aromatic heterocycles. The first-order valence-electron chi connectivity index (χ1n) is 9.23. The van der Waals surface area contributed by atoms with E-state index in [9.17, 15) is 0 Å². The van der Waals surface area contributed by atoms with Gasteiger partial charge in [0.25, 0.3) is 0 Å². The Hall–Kier alpha value is -1.91. The Balaban J connectivity index is 1.36. The number of anilines is 1. The van der Waals surface area contributed by atoms with Gasteiger partial charge in [-0.15, -0.1) is 11.3 Å². The number of nitrogens with one attached hydrogen (secondary N) is 1. The summed E-state index contributed by atoms with van der Waals surface area (Å²) in [5.74, 6) is 1.81. The van der Waals surface area contributed by atoms with E-state index in [1.807, 2.05) is 17.5 Å². The number of pyridine rings is 1. The van der Waals surface area contributed by atoms with Gasteiger partial charge in [-0.2, -0.15) is 0 Å². The molecule has 0 radical (unpaired) electrons. The molecule has 128 valence electrons. The van der Waals surface area contributed by atoms with E-state index in [4.69, 9.17) is 4.98 Å². The summed E-state index contributed by atoms with van der Waals surface area (Å²) < 4.78 is 1.33. The third-order valence-electron chi connectivity index (χ3n) is 5.97. The quantitative estimate of drug-likeness (QED) is 0.732. The molecule has 1 aromatic carbocycles. The molecule has 3 aromatic rings. The van der Waals surface area contributed by atoms with E-state index in [2.05, 4.69) is 59.6 Å². The lowest BCUT2D eigenvalue weighted by atomic mass is 9.79. The van der Waals surface area contributed by atoms with Crippen molar-refractivity contribution in [1.29, 1.82) is 0 Å². The third-order valence-corrected chi connectivity index (χ3v) is 7.13. The van der Waals surface area contributed by atoms with Gasteiger partial charge in [-0.1, -0.05) is 18.2 Å². The summed E-state index contributed by atoms with van der Waals surface area (Å²) in [4.78, 5) is 8.62. The van der Waals surface area contributed by atoms with E-state index in [0.717, 1.165) is 11.7 Å². The van der Waals surface area contributed by atoms with Crippen LogP contribution in [0.2, 0.25) is 0 Å². The zero-order chi connectivity index (χ0) is 16.8. The van der Waals surface area contributed by atoms with Gasteiger partial charge in [-0.05, 0) is 68.4 Å². The summed E-state index contributed by atoms with van der Waals surface area (Å²) >= 11 is 1.84. The molecule has 0 aliphatic carbocycles. The minimum atomic E-state index is 0.533. The molecule has 3 fully saturated rings. The highest BCUT2D eigenvalue weighted by Crippen LogP contribution is 2.35. The molecule has 3 nitrogen and oxygen atoms in total. The highest BCUT2D eigenvalue weighted by atomic mass is 32.1. The van der Waals surface area contributed by atoms with Crippen LogP contribution in [0.15, 0.2) is 48.7 Å². The number of aromatic nitrogens is 1. The van der Waals surface area contributed by atoms with Gasteiger partial charge in [0.2, 0.25) is 0 Å². The fourth-order valence-corrected chi connectivity index (χ4v) is 5.52. The molecule has 0 amide bonds. The van der Waals surface area contributed by atoms with E-state index in [1.165, 1.54) is 46.5 Å². The van der Waals surface area contributed by atoms with Crippen molar-refractivity contribution in [3.05, 3.63) is 48.7 Å². The summed E-state index contributed by atoms with van der Waals surface area (Å²) in [7, 11) is 0. The molecule has 25 heavy (non-hydrogen) atoms. The molecule has 3 saturated heterocycles. The zero-order valence-corrected chi connectivity index (χ0v) is 15.3.